The Morgan fingerprint density at radius 3 is 2.61 bits per heavy atom. The molecule has 5 aliphatic rings. The molecule has 11 heteroatoms. The minimum Gasteiger partial charge on any atom is -0.504 e. The number of amides is 1. The number of nitrogens with zero attached hydrogens (tertiary/aromatic N) is 3. The molecular weight excluding hydrogens is 526 g/mol. The number of hydrogen-bond donors (Lipinski definition) is 3. The summed E-state index contributed by atoms with van der Waals surface area (Å²) in [7, 11) is 2.87. The van der Waals surface area contributed by atoms with Crippen molar-refractivity contribution in [2.24, 2.45) is 5.73 Å². The molecule has 0 saturated carbocycles. The smallest absolute Gasteiger partial charge is 0.236 e. The minimum atomic E-state index is -1.02. The van der Waals surface area contributed by atoms with E-state index in [4.69, 9.17) is 15.2 Å². The van der Waals surface area contributed by atoms with E-state index in [1.54, 1.807) is 13.8 Å². The van der Waals surface area contributed by atoms with E-state index in [0.29, 0.717) is 24.3 Å². The first kappa shape index (κ1) is 27.4. The fourth-order valence-electron chi connectivity index (χ4n) is 8.30. The zero-order valence-electron chi connectivity index (χ0n) is 24.1. The lowest BCUT2D eigenvalue weighted by molar-refractivity contribution is -0.124. The van der Waals surface area contributed by atoms with E-state index in [1.807, 2.05) is 17.9 Å². The van der Waals surface area contributed by atoms with Crippen LogP contribution in [0.5, 0.6) is 11.5 Å². The predicted octanol–water partition coefficient (Wildman–Crippen LogP) is 1.24. The summed E-state index contributed by atoms with van der Waals surface area (Å²) in [5.74, 6) is -0.688. The quantitative estimate of drug-likeness (QED) is 0.447. The molecule has 41 heavy (non-hydrogen) atoms. The number of ketones is 2. The SMILES string of the molecule is COC1=C(C)C(=O)C2=C(C1=O)[C@H](CNC(=O)[C@H](C)N)N1C(C2)[C@H]2c3c(cc(C)c(OC)c3O)C3(C)C[C@]1(C#N)CN23. The Balaban J connectivity index is 1.59. The number of nitrogens with one attached hydrogen (secondary N) is 1. The molecule has 1 amide bonds. The fraction of sp³-hybridized carbons (Fsp3) is 0.533. The van der Waals surface area contributed by atoms with E-state index < -0.39 is 40.9 Å². The Hall–Kier alpha value is -3.72. The Morgan fingerprint density at radius 2 is 2.00 bits per heavy atom. The summed E-state index contributed by atoms with van der Waals surface area (Å²) in [4.78, 5) is 44.6. The molecule has 2 saturated heterocycles. The second-order valence-corrected chi connectivity index (χ2v) is 12.1. The largest absolute Gasteiger partial charge is 0.504 e. The van der Waals surface area contributed by atoms with Gasteiger partial charge in [0.2, 0.25) is 11.7 Å². The maximum Gasteiger partial charge on any atom is 0.236 e. The summed E-state index contributed by atoms with van der Waals surface area (Å²) in [5, 5.41) is 25.2. The third kappa shape index (κ3) is 3.32. The van der Waals surface area contributed by atoms with Crippen molar-refractivity contribution in [1.29, 1.82) is 5.26 Å². The summed E-state index contributed by atoms with van der Waals surface area (Å²) < 4.78 is 11.0. The van der Waals surface area contributed by atoms with Crippen LogP contribution in [0.15, 0.2) is 28.5 Å². The van der Waals surface area contributed by atoms with Gasteiger partial charge in [0.15, 0.2) is 23.0 Å². The summed E-state index contributed by atoms with van der Waals surface area (Å²) in [6, 6.07) is 2.22. The number of fused-ring (bicyclic) bond motifs is 7. The summed E-state index contributed by atoms with van der Waals surface area (Å²) in [6.45, 7) is 7.46. The molecule has 4 N–H and O–H groups in total. The van der Waals surface area contributed by atoms with Crippen molar-refractivity contribution in [3.8, 4) is 17.6 Å². The average Bonchev–Trinajstić information content (AvgIpc) is 3.33. The minimum absolute atomic E-state index is 0.0201. The number of benzene rings is 1. The number of rotatable bonds is 5. The maximum atomic E-state index is 13.9. The van der Waals surface area contributed by atoms with Gasteiger partial charge in [-0.3, -0.25) is 24.2 Å². The van der Waals surface area contributed by atoms with E-state index in [0.717, 1.165) is 16.7 Å². The summed E-state index contributed by atoms with van der Waals surface area (Å²) in [5.41, 5.74) is 7.53. The van der Waals surface area contributed by atoms with Gasteiger partial charge in [-0.15, -0.1) is 0 Å². The molecule has 1 aliphatic carbocycles. The van der Waals surface area contributed by atoms with Crippen LogP contribution in [0.2, 0.25) is 0 Å². The summed E-state index contributed by atoms with van der Waals surface area (Å²) >= 11 is 0. The van der Waals surface area contributed by atoms with Gasteiger partial charge in [-0.05, 0) is 51.3 Å². The Kier molecular flexibility index (Phi) is 5.95. The Morgan fingerprint density at radius 1 is 1.29 bits per heavy atom. The van der Waals surface area contributed by atoms with Gasteiger partial charge < -0.3 is 25.6 Å². The molecule has 216 valence electrons. The fourth-order valence-corrected chi connectivity index (χ4v) is 8.30. The molecule has 2 unspecified atom stereocenters. The van der Waals surface area contributed by atoms with Crippen molar-refractivity contribution >= 4 is 17.5 Å². The number of phenols is 1. The molecule has 2 fully saturated rings. The van der Waals surface area contributed by atoms with E-state index in [2.05, 4.69) is 23.2 Å². The highest BCUT2D eigenvalue weighted by Gasteiger charge is 2.70. The number of carbonyl (C=O) groups is 3. The number of aromatic hydroxyl groups is 1. The van der Waals surface area contributed by atoms with Crippen LogP contribution >= 0.6 is 0 Å². The molecule has 0 radical (unpaired) electrons. The second kappa shape index (κ2) is 8.89. The number of methoxy groups -OCH3 is 2. The number of piperazine rings is 1. The zero-order chi connectivity index (χ0) is 29.8. The molecule has 6 rings (SSSR count). The van der Waals surface area contributed by atoms with Crippen molar-refractivity contribution in [2.75, 3.05) is 27.3 Å². The lowest BCUT2D eigenvalue weighted by Crippen LogP contribution is -2.69. The van der Waals surface area contributed by atoms with Crippen LogP contribution in [0.3, 0.4) is 0 Å². The number of hydrogen-bond acceptors (Lipinski definition) is 10. The van der Waals surface area contributed by atoms with Gasteiger partial charge in [0.25, 0.3) is 0 Å². The first-order chi connectivity index (χ1) is 19.4. The van der Waals surface area contributed by atoms with E-state index in [-0.39, 0.29) is 47.4 Å². The topological polar surface area (TPSA) is 158 Å². The van der Waals surface area contributed by atoms with Crippen molar-refractivity contribution in [3.05, 3.63) is 45.2 Å². The number of nitriles is 1. The molecule has 11 nitrogen and oxygen atoms in total. The molecular formula is C30H35N5O6. The van der Waals surface area contributed by atoms with Crippen LogP contribution < -0.4 is 15.8 Å². The number of carbonyl (C=O) groups excluding carboxylic acids is 3. The third-order valence-electron chi connectivity index (χ3n) is 9.92. The van der Waals surface area contributed by atoms with Crippen LogP contribution in [0.1, 0.15) is 56.3 Å². The van der Waals surface area contributed by atoms with Gasteiger partial charge >= 0.3 is 0 Å². The average molecular weight is 562 g/mol. The number of Topliss-reactive ketones (excluding diaryl/α,β-unsaturated/α-hetero) is 2. The molecule has 2 bridgehead atoms. The Bertz CT molecular complexity index is 1540. The van der Waals surface area contributed by atoms with Crippen molar-refractivity contribution in [1.82, 2.24) is 15.1 Å². The van der Waals surface area contributed by atoms with Crippen molar-refractivity contribution in [2.45, 2.75) is 75.8 Å². The van der Waals surface area contributed by atoms with Gasteiger partial charge in [-0.1, -0.05) is 0 Å². The molecule has 4 heterocycles. The second-order valence-electron chi connectivity index (χ2n) is 12.1. The molecule has 4 aliphatic heterocycles. The number of ether oxygens (including phenoxy) is 2. The van der Waals surface area contributed by atoms with Gasteiger partial charge in [-0.25, -0.2) is 0 Å². The van der Waals surface area contributed by atoms with Gasteiger partial charge in [-0.2, -0.15) is 5.26 Å². The van der Waals surface area contributed by atoms with Crippen LogP contribution in [0, 0.1) is 18.3 Å². The van der Waals surface area contributed by atoms with Crippen molar-refractivity contribution in [3.63, 3.8) is 0 Å². The molecule has 0 aromatic heterocycles. The predicted molar refractivity (Wildman–Crippen MR) is 147 cm³/mol. The monoisotopic (exact) mass is 561 g/mol. The normalized spacial score (nSPS) is 32.8. The lowest BCUT2D eigenvalue weighted by atomic mass is 9.70. The molecule has 1 aromatic rings. The van der Waals surface area contributed by atoms with E-state index >= 15 is 0 Å². The van der Waals surface area contributed by atoms with Gasteiger partial charge in [0, 0.05) is 53.4 Å². The summed E-state index contributed by atoms with van der Waals surface area (Å²) in [6.07, 6.45) is 0.609. The molecule has 1 aromatic carbocycles. The van der Waals surface area contributed by atoms with Gasteiger partial charge in [0.05, 0.1) is 38.4 Å². The first-order valence-electron chi connectivity index (χ1n) is 13.8. The van der Waals surface area contributed by atoms with Crippen molar-refractivity contribution < 1.29 is 29.0 Å². The lowest BCUT2D eigenvalue weighted by Gasteiger charge is -2.56. The maximum absolute atomic E-state index is 13.9. The number of allylic oxidation sites excluding steroid dienone is 2. The Labute approximate surface area is 238 Å². The van der Waals surface area contributed by atoms with Crippen LogP contribution in [-0.2, 0) is 24.7 Å². The zero-order valence-corrected chi connectivity index (χ0v) is 24.1. The van der Waals surface area contributed by atoms with Crippen LogP contribution in [0.4, 0.5) is 0 Å². The number of nitrogens with two attached hydrogens (primary N) is 1. The van der Waals surface area contributed by atoms with Gasteiger partial charge in [0.1, 0.15) is 5.54 Å². The highest BCUT2D eigenvalue weighted by molar-refractivity contribution is 6.25. The highest BCUT2D eigenvalue weighted by atomic mass is 16.5. The third-order valence-corrected chi connectivity index (χ3v) is 9.92. The number of phenolic OH excluding ortho intramolecular Hbond substituents is 1. The first-order valence-corrected chi connectivity index (χ1v) is 13.8. The van der Waals surface area contributed by atoms with E-state index in [9.17, 15) is 24.8 Å². The van der Waals surface area contributed by atoms with Crippen LogP contribution in [0.25, 0.3) is 0 Å². The number of aryl methyl sites for hydroxylation is 1. The van der Waals surface area contributed by atoms with Crippen LogP contribution in [-0.4, -0.2) is 83.4 Å². The standard InChI is InChI=1S/C30H35N5O6/c1-13-7-17-21(25(38)26(13)40-5)22-18-8-16-20(24(37)27(41-6)14(2)23(16)36)19(9-33-28(39)15(3)32)35(18)30(11-31)10-29(17,4)34(22)12-30/h7,15,18-19,22,38H,8-10,12,32H2,1-6H3,(H,33,39)/t15-,18?,19-,22-,29?,30-/m0/s1. The molecule has 6 atom stereocenters. The molecule has 0 spiro atoms. The highest BCUT2D eigenvalue weighted by Crippen LogP contribution is 2.66. The van der Waals surface area contributed by atoms with E-state index in [1.165, 1.54) is 14.2 Å².